The molecule has 2 aromatic rings. The molecule has 2 aromatic heterocycles. The summed E-state index contributed by atoms with van der Waals surface area (Å²) in [6, 6.07) is 3.59. The number of nitrogens with zero attached hydrogens (tertiary/aromatic N) is 2. The van der Waals surface area contributed by atoms with Gasteiger partial charge in [0, 0.05) is 12.6 Å². The number of methoxy groups -OCH3 is 1. The van der Waals surface area contributed by atoms with Gasteiger partial charge in [0.15, 0.2) is 10.4 Å². The molecule has 0 aliphatic rings. The number of ether oxygens (including phenoxy) is 1. The average Bonchev–Trinajstić information content (AvgIpc) is 2.64. The molecule has 2 rings (SSSR count). The van der Waals surface area contributed by atoms with E-state index in [0.29, 0.717) is 22.8 Å². The van der Waals surface area contributed by atoms with Gasteiger partial charge in [-0.15, -0.1) is 0 Å². The fourth-order valence-electron chi connectivity index (χ4n) is 1.75. The molecular weight excluding hydrogens is 264 g/mol. The minimum absolute atomic E-state index is 0.362. The van der Waals surface area contributed by atoms with Crippen LogP contribution in [0.25, 0.3) is 11.2 Å². The fraction of sp³-hybridized carbons (Fsp3) is 0.417. The first-order chi connectivity index (χ1) is 8.85. The van der Waals surface area contributed by atoms with Gasteiger partial charge in [-0.3, -0.25) is 4.79 Å². The second-order valence-electron chi connectivity index (χ2n) is 4.99. The highest BCUT2D eigenvalue weighted by Crippen LogP contribution is 2.22. The molecule has 2 heterocycles. The summed E-state index contributed by atoms with van der Waals surface area (Å²) in [5.41, 5.74) is 6.13. The monoisotopic (exact) mass is 280 g/mol. The first kappa shape index (κ1) is 13.5. The van der Waals surface area contributed by atoms with E-state index in [9.17, 15) is 4.79 Å². The van der Waals surface area contributed by atoms with E-state index in [4.69, 9.17) is 22.7 Å². The Balaban J connectivity index is 2.56. The van der Waals surface area contributed by atoms with Crippen LogP contribution in [0.1, 0.15) is 13.8 Å². The maximum Gasteiger partial charge on any atom is 0.224 e. The highest BCUT2D eigenvalue weighted by atomic mass is 32.1. The summed E-state index contributed by atoms with van der Waals surface area (Å²) in [6.45, 7) is 3.91. The number of rotatable bonds is 4. The van der Waals surface area contributed by atoms with Crippen molar-refractivity contribution in [3.8, 4) is 5.88 Å². The lowest BCUT2D eigenvalue weighted by molar-refractivity contribution is -0.126. The minimum Gasteiger partial charge on any atom is -0.481 e. The van der Waals surface area contributed by atoms with Crippen LogP contribution in [0.15, 0.2) is 12.1 Å². The molecule has 1 amide bonds. The average molecular weight is 280 g/mol. The van der Waals surface area contributed by atoms with Crippen LogP contribution >= 0.6 is 12.2 Å². The molecule has 3 N–H and O–H groups in total. The number of fused-ring (bicyclic) bond motifs is 1. The van der Waals surface area contributed by atoms with Crippen LogP contribution in [-0.2, 0) is 11.3 Å². The summed E-state index contributed by atoms with van der Waals surface area (Å²) in [7, 11) is 1.55. The normalized spacial score (nSPS) is 11.7. The Morgan fingerprint density at radius 1 is 1.58 bits per heavy atom. The SMILES string of the molecule is COc1ccc2[nH]c(=S)n(CC(C)(C)C(N)=O)c2n1. The Kier molecular flexibility index (Phi) is 3.32. The molecule has 0 aliphatic carbocycles. The van der Waals surface area contributed by atoms with E-state index in [-0.39, 0.29) is 5.91 Å². The Bertz CT molecular complexity index is 687. The maximum atomic E-state index is 11.4. The number of carbonyl (C=O) groups is 1. The van der Waals surface area contributed by atoms with Crippen LogP contribution in [0.4, 0.5) is 0 Å². The number of nitrogens with two attached hydrogens (primary N) is 1. The smallest absolute Gasteiger partial charge is 0.224 e. The largest absolute Gasteiger partial charge is 0.481 e. The van der Waals surface area contributed by atoms with Crippen LogP contribution < -0.4 is 10.5 Å². The van der Waals surface area contributed by atoms with Gasteiger partial charge in [-0.2, -0.15) is 4.98 Å². The zero-order valence-electron chi connectivity index (χ0n) is 11.1. The highest BCUT2D eigenvalue weighted by molar-refractivity contribution is 7.71. The number of hydrogen-bond acceptors (Lipinski definition) is 4. The van der Waals surface area contributed by atoms with Crippen LogP contribution in [0.5, 0.6) is 5.88 Å². The number of pyridine rings is 1. The summed E-state index contributed by atoms with van der Waals surface area (Å²) < 4.78 is 7.37. The Hall–Kier alpha value is -1.89. The molecule has 0 spiro atoms. The molecule has 0 unspecified atom stereocenters. The van der Waals surface area contributed by atoms with Crippen molar-refractivity contribution in [1.82, 2.24) is 14.5 Å². The Morgan fingerprint density at radius 2 is 2.26 bits per heavy atom. The van der Waals surface area contributed by atoms with E-state index in [1.54, 1.807) is 31.6 Å². The van der Waals surface area contributed by atoms with E-state index in [0.717, 1.165) is 5.52 Å². The molecule has 0 atom stereocenters. The predicted molar refractivity (Wildman–Crippen MR) is 74.4 cm³/mol. The van der Waals surface area contributed by atoms with Gasteiger partial charge in [0.2, 0.25) is 11.8 Å². The number of H-pyrrole nitrogens is 1. The molecule has 0 saturated carbocycles. The van der Waals surface area contributed by atoms with Gasteiger partial charge in [0.25, 0.3) is 0 Å². The topological polar surface area (TPSA) is 85.9 Å². The molecule has 6 nitrogen and oxygen atoms in total. The first-order valence-electron chi connectivity index (χ1n) is 5.78. The van der Waals surface area contributed by atoms with Crippen molar-refractivity contribution >= 4 is 29.3 Å². The summed E-state index contributed by atoms with van der Waals surface area (Å²) in [6.07, 6.45) is 0. The minimum atomic E-state index is -0.710. The van der Waals surface area contributed by atoms with Gasteiger partial charge in [0.1, 0.15) is 0 Å². The van der Waals surface area contributed by atoms with Gasteiger partial charge in [-0.25, -0.2) is 0 Å². The van der Waals surface area contributed by atoms with Crippen molar-refractivity contribution in [1.29, 1.82) is 0 Å². The molecule has 7 heteroatoms. The second kappa shape index (κ2) is 4.65. The number of nitrogens with one attached hydrogen (secondary N) is 1. The lowest BCUT2D eigenvalue weighted by Crippen LogP contribution is -2.35. The third-order valence-electron chi connectivity index (χ3n) is 3.02. The number of carbonyl (C=O) groups excluding carboxylic acids is 1. The van der Waals surface area contributed by atoms with Crippen LogP contribution in [0.3, 0.4) is 0 Å². The molecule has 0 fully saturated rings. The van der Waals surface area contributed by atoms with Crippen molar-refractivity contribution in [2.45, 2.75) is 20.4 Å². The molecule has 19 heavy (non-hydrogen) atoms. The third kappa shape index (κ3) is 2.46. The number of aromatic amines is 1. The number of primary amides is 1. The van der Waals surface area contributed by atoms with Crippen LogP contribution in [0, 0.1) is 10.2 Å². The molecule has 0 aliphatic heterocycles. The van der Waals surface area contributed by atoms with E-state index >= 15 is 0 Å². The van der Waals surface area contributed by atoms with E-state index in [2.05, 4.69) is 9.97 Å². The third-order valence-corrected chi connectivity index (χ3v) is 3.34. The summed E-state index contributed by atoms with van der Waals surface area (Å²) in [5, 5.41) is 0. The summed E-state index contributed by atoms with van der Waals surface area (Å²) in [4.78, 5) is 18.8. The lowest BCUT2D eigenvalue weighted by Gasteiger charge is -2.20. The van der Waals surface area contributed by atoms with Crippen molar-refractivity contribution in [3.05, 3.63) is 16.9 Å². The highest BCUT2D eigenvalue weighted by Gasteiger charge is 2.27. The van der Waals surface area contributed by atoms with Crippen molar-refractivity contribution in [2.24, 2.45) is 11.1 Å². The molecule has 102 valence electrons. The molecule has 0 bridgehead atoms. The molecule has 0 saturated heterocycles. The van der Waals surface area contributed by atoms with Gasteiger partial charge in [-0.1, -0.05) is 0 Å². The zero-order valence-corrected chi connectivity index (χ0v) is 11.9. The Morgan fingerprint density at radius 3 is 2.84 bits per heavy atom. The van der Waals surface area contributed by atoms with Gasteiger partial charge < -0.3 is 20.0 Å². The van der Waals surface area contributed by atoms with Crippen molar-refractivity contribution in [3.63, 3.8) is 0 Å². The quantitative estimate of drug-likeness (QED) is 0.833. The summed E-state index contributed by atoms with van der Waals surface area (Å²) in [5.74, 6) is 0.110. The van der Waals surface area contributed by atoms with Crippen LogP contribution in [-0.4, -0.2) is 27.6 Å². The Labute approximate surface area is 115 Å². The van der Waals surface area contributed by atoms with Crippen molar-refractivity contribution < 1.29 is 9.53 Å². The lowest BCUT2D eigenvalue weighted by atomic mass is 9.93. The van der Waals surface area contributed by atoms with Gasteiger partial charge >= 0.3 is 0 Å². The number of aromatic nitrogens is 3. The number of amides is 1. The molecule has 0 aromatic carbocycles. The molecular formula is C12H16N4O2S. The summed E-state index contributed by atoms with van der Waals surface area (Å²) >= 11 is 5.26. The first-order valence-corrected chi connectivity index (χ1v) is 6.19. The van der Waals surface area contributed by atoms with Crippen molar-refractivity contribution in [2.75, 3.05) is 7.11 Å². The zero-order chi connectivity index (χ0) is 14.2. The molecule has 0 radical (unpaired) electrons. The van der Waals surface area contributed by atoms with Crippen LogP contribution in [0.2, 0.25) is 0 Å². The van der Waals surface area contributed by atoms with E-state index in [1.807, 2.05) is 6.07 Å². The van der Waals surface area contributed by atoms with Gasteiger partial charge in [0.05, 0.1) is 18.0 Å². The number of hydrogen-bond donors (Lipinski definition) is 2. The van der Waals surface area contributed by atoms with Gasteiger partial charge in [-0.05, 0) is 32.1 Å². The fourth-order valence-corrected chi connectivity index (χ4v) is 2.01. The maximum absolute atomic E-state index is 11.4. The predicted octanol–water partition coefficient (Wildman–Crippen LogP) is 1.61. The number of imidazole rings is 1. The van der Waals surface area contributed by atoms with E-state index in [1.165, 1.54) is 0 Å². The second-order valence-corrected chi connectivity index (χ2v) is 5.38. The standard InChI is InChI=1S/C12H16N4O2S/c1-12(2,10(13)17)6-16-9-7(14-11(16)19)4-5-8(15-9)18-3/h4-5H,6H2,1-3H3,(H2,13,17)(H,14,19). The van der Waals surface area contributed by atoms with E-state index < -0.39 is 5.41 Å².